The van der Waals surface area contributed by atoms with Gasteiger partial charge in [0.1, 0.15) is 0 Å². The van der Waals surface area contributed by atoms with Gasteiger partial charge >= 0.3 is 6.18 Å². The molecule has 10 heavy (non-hydrogen) atoms. The molecule has 60 valence electrons. The molecule has 0 radical (unpaired) electrons. The molecular weight excluding hydrogens is 145 g/mol. The summed E-state index contributed by atoms with van der Waals surface area (Å²) < 4.78 is 34.7. The van der Waals surface area contributed by atoms with Crippen LogP contribution in [0, 0.1) is 0 Å². The summed E-state index contributed by atoms with van der Waals surface area (Å²) in [6.45, 7) is 0.531. The second-order valence-corrected chi connectivity index (χ2v) is 1.65. The van der Waals surface area contributed by atoms with Crippen molar-refractivity contribution in [3.05, 3.63) is 0 Å². The van der Waals surface area contributed by atoms with Gasteiger partial charge in [0, 0.05) is 6.54 Å². The van der Waals surface area contributed by atoms with Crippen LogP contribution in [-0.2, 0) is 0 Å². The van der Waals surface area contributed by atoms with Gasteiger partial charge in [-0.25, -0.2) is 0 Å². The number of hydrogen-bond donors (Lipinski definition) is 1. The maximum Gasteiger partial charge on any atom is 0.448 e. The van der Waals surface area contributed by atoms with Crippen molar-refractivity contribution in [1.82, 2.24) is 5.32 Å². The zero-order valence-electron chi connectivity index (χ0n) is 4.50. The summed E-state index contributed by atoms with van der Waals surface area (Å²) in [5.41, 5.74) is 0. The van der Waals surface area contributed by atoms with E-state index in [0.717, 1.165) is 0 Å². The van der Waals surface area contributed by atoms with E-state index in [0.29, 0.717) is 6.54 Å². The summed E-state index contributed by atoms with van der Waals surface area (Å²) in [6, 6.07) is 0. The van der Waals surface area contributed by atoms with E-state index in [1.54, 1.807) is 0 Å². The zero-order valence-corrected chi connectivity index (χ0v) is 4.50. The third kappa shape index (κ3) is 1.89. The first-order valence-electron chi connectivity index (χ1n) is 2.46. The number of amidine groups is 1. The molecular formula is C5H9F3N2. The van der Waals surface area contributed by atoms with E-state index in [4.69, 9.17) is 0 Å². The molecule has 0 saturated heterocycles. The number of nitrogens with one attached hydrogen (secondary N) is 1. The lowest BCUT2D eigenvalue weighted by molar-refractivity contribution is -0.0610. The van der Waals surface area contributed by atoms with Gasteiger partial charge in [-0.2, -0.15) is 13.2 Å². The van der Waals surface area contributed by atoms with Crippen molar-refractivity contribution in [3.8, 4) is 0 Å². The fraction of sp³-hybridized carbons (Fsp3) is 0.800. The number of halogens is 3. The van der Waals surface area contributed by atoms with Gasteiger partial charge < -0.3 is 5.32 Å². The van der Waals surface area contributed by atoms with Crippen LogP contribution in [0.5, 0.6) is 0 Å². The molecule has 0 aromatic heterocycles. The van der Waals surface area contributed by atoms with Gasteiger partial charge in [0.15, 0.2) is 0 Å². The van der Waals surface area contributed by atoms with E-state index in [2.05, 4.69) is 10.3 Å². The number of rotatable bonds is 0. The van der Waals surface area contributed by atoms with Gasteiger partial charge in [0.2, 0.25) is 5.84 Å². The Bertz CT molecular complexity index is 138. The molecule has 1 rings (SSSR count). The molecule has 0 atom stereocenters. The molecule has 0 saturated carbocycles. The average molecular weight is 154 g/mol. The van der Waals surface area contributed by atoms with Gasteiger partial charge in [-0.05, 0) is 0 Å². The van der Waals surface area contributed by atoms with Crippen molar-refractivity contribution >= 4 is 5.84 Å². The summed E-state index contributed by atoms with van der Waals surface area (Å²) in [7, 11) is 0. The van der Waals surface area contributed by atoms with Gasteiger partial charge in [0.25, 0.3) is 0 Å². The van der Waals surface area contributed by atoms with Crippen LogP contribution in [-0.4, -0.2) is 25.1 Å². The standard InChI is InChI=1S/C4H5F3N2.CH4/c5-4(6,7)3-8-1-2-9-3;/h1-2H2,(H,8,9);1H4. The van der Waals surface area contributed by atoms with E-state index < -0.39 is 12.0 Å². The minimum absolute atomic E-state index is 0. The first kappa shape index (κ1) is 9.26. The topological polar surface area (TPSA) is 24.4 Å². The highest BCUT2D eigenvalue weighted by molar-refractivity contribution is 5.88. The summed E-state index contributed by atoms with van der Waals surface area (Å²) >= 11 is 0. The van der Waals surface area contributed by atoms with E-state index in [1.165, 1.54) is 0 Å². The van der Waals surface area contributed by atoms with Crippen LogP contribution < -0.4 is 5.32 Å². The molecule has 0 fully saturated rings. The molecule has 0 unspecified atom stereocenters. The Morgan fingerprint density at radius 1 is 1.40 bits per heavy atom. The van der Waals surface area contributed by atoms with Crippen LogP contribution in [0.2, 0.25) is 0 Å². The van der Waals surface area contributed by atoms with Crippen molar-refractivity contribution in [2.75, 3.05) is 13.1 Å². The zero-order chi connectivity index (χ0) is 6.91. The Morgan fingerprint density at radius 2 is 2.00 bits per heavy atom. The number of nitrogens with zero attached hydrogens (tertiary/aromatic N) is 1. The Balaban J connectivity index is 0.000000810. The Hall–Kier alpha value is -0.740. The van der Waals surface area contributed by atoms with Crippen LogP contribution in [0.25, 0.3) is 0 Å². The minimum atomic E-state index is -4.28. The van der Waals surface area contributed by atoms with Crippen LogP contribution in [0.15, 0.2) is 4.99 Å². The molecule has 0 aromatic rings. The first-order valence-corrected chi connectivity index (χ1v) is 2.46. The molecule has 5 heteroatoms. The molecule has 1 N–H and O–H groups in total. The highest BCUT2D eigenvalue weighted by atomic mass is 19.4. The van der Waals surface area contributed by atoms with E-state index in [1.807, 2.05) is 0 Å². The maximum absolute atomic E-state index is 11.6. The number of hydrogen-bond acceptors (Lipinski definition) is 2. The molecule has 1 aliphatic heterocycles. The highest BCUT2D eigenvalue weighted by Crippen LogP contribution is 2.16. The van der Waals surface area contributed by atoms with Gasteiger partial charge in [0.05, 0.1) is 6.54 Å². The van der Waals surface area contributed by atoms with E-state index in [-0.39, 0.29) is 14.0 Å². The summed E-state index contributed by atoms with van der Waals surface area (Å²) in [6.07, 6.45) is -4.28. The number of alkyl halides is 3. The van der Waals surface area contributed by atoms with Crippen LogP contribution >= 0.6 is 0 Å². The first-order chi connectivity index (χ1) is 4.11. The van der Waals surface area contributed by atoms with Gasteiger partial charge in [-0.3, -0.25) is 4.99 Å². The lowest BCUT2D eigenvalue weighted by Gasteiger charge is -2.04. The number of aliphatic imine (C=N–C) groups is 1. The SMILES string of the molecule is C.FC(F)(F)C1=NCCN1. The lowest BCUT2D eigenvalue weighted by atomic mass is 10.6. The monoisotopic (exact) mass is 154 g/mol. The Kier molecular flexibility index (Phi) is 2.68. The average Bonchev–Trinajstić information content (AvgIpc) is 2.08. The van der Waals surface area contributed by atoms with Crippen LogP contribution in [0.3, 0.4) is 0 Å². The van der Waals surface area contributed by atoms with Crippen molar-refractivity contribution < 1.29 is 13.2 Å². The molecule has 0 spiro atoms. The van der Waals surface area contributed by atoms with Gasteiger partial charge in [-0.1, -0.05) is 7.43 Å². The molecule has 0 amide bonds. The quantitative estimate of drug-likeness (QED) is 0.556. The maximum atomic E-state index is 11.6. The normalized spacial score (nSPS) is 17.3. The minimum Gasteiger partial charge on any atom is -0.364 e. The van der Waals surface area contributed by atoms with Crippen molar-refractivity contribution in [2.24, 2.45) is 4.99 Å². The van der Waals surface area contributed by atoms with Gasteiger partial charge in [-0.15, -0.1) is 0 Å². The second kappa shape index (κ2) is 2.90. The predicted octanol–water partition coefficient (Wildman–Crippen LogP) is 1.19. The predicted molar refractivity (Wildman–Crippen MR) is 33.1 cm³/mol. The third-order valence-corrected chi connectivity index (χ3v) is 0.943. The van der Waals surface area contributed by atoms with E-state index >= 15 is 0 Å². The molecule has 0 bridgehead atoms. The van der Waals surface area contributed by atoms with E-state index in [9.17, 15) is 13.2 Å². The fourth-order valence-electron chi connectivity index (χ4n) is 0.588. The largest absolute Gasteiger partial charge is 0.448 e. The Morgan fingerprint density at radius 3 is 2.20 bits per heavy atom. The van der Waals surface area contributed by atoms with Crippen molar-refractivity contribution in [3.63, 3.8) is 0 Å². The second-order valence-electron chi connectivity index (χ2n) is 1.65. The summed E-state index contributed by atoms with van der Waals surface area (Å²) in [4.78, 5) is 3.19. The van der Waals surface area contributed by atoms with Crippen LogP contribution in [0.1, 0.15) is 7.43 Å². The highest BCUT2D eigenvalue weighted by Gasteiger charge is 2.36. The molecule has 2 nitrogen and oxygen atoms in total. The fourth-order valence-corrected chi connectivity index (χ4v) is 0.588. The van der Waals surface area contributed by atoms with Crippen LogP contribution in [0.4, 0.5) is 13.2 Å². The Labute approximate surface area is 57.1 Å². The molecule has 0 aromatic carbocycles. The van der Waals surface area contributed by atoms with Crippen molar-refractivity contribution in [2.45, 2.75) is 13.6 Å². The molecule has 1 heterocycles. The lowest BCUT2D eigenvalue weighted by Crippen LogP contribution is -2.33. The molecule has 0 aliphatic carbocycles. The summed E-state index contributed by atoms with van der Waals surface area (Å²) in [5.74, 6) is -0.845. The molecule has 1 aliphatic rings. The van der Waals surface area contributed by atoms with Crippen molar-refractivity contribution in [1.29, 1.82) is 0 Å². The smallest absolute Gasteiger partial charge is 0.364 e. The summed E-state index contributed by atoms with van der Waals surface area (Å²) in [5, 5.41) is 2.12. The third-order valence-electron chi connectivity index (χ3n) is 0.943.